The van der Waals surface area contributed by atoms with E-state index in [2.05, 4.69) is 4.98 Å². The van der Waals surface area contributed by atoms with Crippen LogP contribution in [0.15, 0.2) is 15.7 Å². The van der Waals surface area contributed by atoms with Gasteiger partial charge in [-0.2, -0.15) is 0 Å². The van der Waals surface area contributed by atoms with E-state index in [9.17, 15) is 14.0 Å². The van der Waals surface area contributed by atoms with Gasteiger partial charge in [0.05, 0.1) is 16.6 Å². The van der Waals surface area contributed by atoms with Crippen molar-refractivity contribution in [2.24, 2.45) is 11.7 Å². The predicted molar refractivity (Wildman–Crippen MR) is 95.8 cm³/mol. The van der Waals surface area contributed by atoms with E-state index in [4.69, 9.17) is 5.73 Å². The van der Waals surface area contributed by atoms with Crippen LogP contribution in [-0.4, -0.2) is 28.7 Å². The first kappa shape index (κ1) is 16.3. The first-order chi connectivity index (χ1) is 11.9. The second-order valence-electron chi connectivity index (χ2n) is 7.45. The summed E-state index contributed by atoms with van der Waals surface area (Å²) in [5, 5.41) is 0.255. The van der Waals surface area contributed by atoms with Gasteiger partial charge in [0, 0.05) is 30.7 Å². The van der Waals surface area contributed by atoms with Crippen LogP contribution in [0.4, 0.5) is 10.1 Å². The second kappa shape index (κ2) is 5.69. The Kier molecular flexibility index (Phi) is 3.72. The zero-order valence-corrected chi connectivity index (χ0v) is 14.5. The molecule has 1 aromatic heterocycles. The largest absolute Gasteiger partial charge is 0.369 e. The number of aromatic nitrogens is 2. The number of rotatable bonds is 2. The summed E-state index contributed by atoms with van der Waals surface area (Å²) in [6.07, 6.45) is 2.33. The van der Waals surface area contributed by atoms with E-state index in [0.717, 1.165) is 24.9 Å². The molecule has 4 rings (SSSR count). The number of halogens is 1. The van der Waals surface area contributed by atoms with E-state index in [1.54, 1.807) is 4.57 Å². The zero-order chi connectivity index (χ0) is 17.9. The molecule has 0 saturated carbocycles. The lowest BCUT2D eigenvalue weighted by Gasteiger charge is -2.30. The smallest absolute Gasteiger partial charge is 0.329 e. The number of aromatic amines is 1. The lowest BCUT2D eigenvalue weighted by atomic mass is 9.95. The van der Waals surface area contributed by atoms with Gasteiger partial charge in [-0.15, -0.1) is 0 Å². The van der Waals surface area contributed by atoms with Crippen LogP contribution >= 0.6 is 0 Å². The number of hydrogen-bond donors (Lipinski definition) is 2. The van der Waals surface area contributed by atoms with E-state index >= 15 is 0 Å². The summed E-state index contributed by atoms with van der Waals surface area (Å²) in [5.74, 6) is -0.0655. The van der Waals surface area contributed by atoms with E-state index in [-0.39, 0.29) is 17.5 Å². The van der Waals surface area contributed by atoms with Crippen molar-refractivity contribution in [3.63, 3.8) is 0 Å². The topological polar surface area (TPSA) is 84.1 Å². The van der Waals surface area contributed by atoms with Crippen molar-refractivity contribution in [2.75, 3.05) is 18.0 Å². The lowest BCUT2D eigenvalue weighted by Crippen LogP contribution is -2.36. The first-order valence-electron chi connectivity index (χ1n) is 8.89. The van der Waals surface area contributed by atoms with Gasteiger partial charge in [0.15, 0.2) is 0 Å². The van der Waals surface area contributed by atoms with Gasteiger partial charge in [-0.3, -0.25) is 14.3 Å². The van der Waals surface area contributed by atoms with Crippen LogP contribution in [0.3, 0.4) is 0 Å². The first-order valence-corrected chi connectivity index (χ1v) is 8.89. The van der Waals surface area contributed by atoms with E-state index < -0.39 is 17.1 Å². The summed E-state index contributed by atoms with van der Waals surface area (Å²) in [7, 11) is 0. The minimum Gasteiger partial charge on any atom is -0.369 e. The van der Waals surface area contributed by atoms with Crippen molar-refractivity contribution in [2.45, 2.75) is 45.2 Å². The number of hydrogen-bond acceptors (Lipinski definition) is 4. The van der Waals surface area contributed by atoms with Crippen LogP contribution < -0.4 is 21.9 Å². The fourth-order valence-electron chi connectivity index (χ4n) is 4.36. The summed E-state index contributed by atoms with van der Waals surface area (Å²) in [6.45, 7) is 5.38. The fraction of sp³-hybridized carbons (Fsp3) is 0.556. The summed E-state index contributed by atoms with van der Waals surface area (Å²) in [4.78, 5) is 28.9. The van der Waals surface area contributed by atoms with Crippen LogP contribution in [0.25, 0.3) is 10.9 Å². The molecule has 2 aliphatic heterocycles. The Hall–Kier alpha value is -2.15. The molecule has 0 radical (unpaired) electrons. The van der Waals surface area contributed by atoms with Crippen LogP contribution in [0.5, 0.6) is 0 Å². The molecule has 3 heterocycles. The van der Waals surface area contributed by atoms with Crippen LogP contribution in [0.2, 0.25) is 0 Å². The number of anilines is 1. The van der Waals surface area contributed by atoms with Crippen molar-refractivity contribution >= 4 is 16.6 Å². The predicted octanol–water partition coefficient (Wildman–Crippen LogP) is 1.51. The molecule has 1 fully saturated rings. The quantitative estimate of drug-likeness (QED) is 0.863. The number of nitrogens with one attached hydrogen (secondary N) is 1. The third-order valence-electron chi connectivity index (χ3n) is 5.79. The number of benzene rings is 1. The van der Waals surface area contributed by atoms with Gasteiger partial charge in [-0.05, 0) is 45.1 Å². The Morgan fingerprint density at radius 3 is 2.80 bits per heavy atom. The van der Waals surface area contributed by atoms with Crippen LogP contribution in [0, 0.1) is 11.7 Å². The number of H-pyrrole nitrogens is 1. The summed E-state index contributed by atoms with van der Waals surface area (Å²) in [5.41, 5.74) is 6.99. The highest BCUT2D eigenvalue weighted by Crippen LogP contribution is 2.38. The molecule has 0 amide bonds. The van der Waals surface area contributed by atoms with Crippen molar-refractivity contribution < 1.29 is 4.39 Å². The average molecular weight is 346 g/mol. The van der Waals surface area contributed by atoms with Crippen LogP contribution in [0.1, 0.15) is 38.3 Å². The summed E-state index contributed by atoms with van der Waals surface area (Å²) < 4.78 is 16.6. The zero-order valence-electron chi connectivity index (χ0n) is 14.5. The molecule has 0 aliphatic carbocycles. The highest BCUT2D eigenvalue weighted by Gasteiger charge is 2.32. The standard InChI is InChI=1S/C18H23FN4O2/c1-9-3-4-12-15-13(17(24)21-18(25)23(9)15)7-14(19)16(12)22-6-5-11(8-22)10(2)20/h7,9-11H,3-6,8,20H2,1-2H3,(H,21,24,25)/t9?,10-,11+/m0/s1. The summed E-state index contributed by atoms with van der Waals surface area (Å²) in [6, 6.07) is 1.32. The van der Waals surface area contributed by atoms with E-state index in [1.807, 2.05) is 18.7 Å². The van der Waals surface area contributed by atoms with Gasteiger partial charge >= 0.3 is 5.69 Å². The van der Waals surface area contributed by atoms with Crippen molar-refractivity contribution in [1.82, 2.24) is 9.55 Å². The maximum absolute atomic E-state index is 15.0. The summed E-state index contributed by atoms with van der Waals surface area (Å²) >= 11 is 0. The highest BCUT2D eigenvalue weighted by molar-refractivity contribution is 5.88. The van der Waals surface area contributed by atoms with Crippen molar-refractivity contribution in [3.05, 3.63) is 38.3 Å². The molecule has 3 N–H and O–H groups in total. The molecule has 0 bridgehead atoms. The van der Waals surface area contributed by atoms with Gasteiger partial charge in [0.25, 0.3) is 5.56 Å². The Balaban J connectivity index is 1.97. The number of aryl methyl sites for hydroxylation is 1. The molecule has 0 spiro atoms. The van der Waals surface area contributed by atoms with Gasteiger partial charge in [0.1, 0.15) is 5.82 Å². The van der Waals surface area contributed by atoms with Gasteiger partial charge in [-0.1, -0.05) is 0 Å². The molecule has 25 heavy (non-hydrogen) atoms. The maximum atomic E-state index is 15.0. The third kappa shape index (κ3) is 2.40. The molecular weight excluding hydrogens is 323 g/mol. The van der Waals surface area contributed by atoms with Crippen molar-refractivity contribution in [1.29, 1.82) is 0 Å². The molecule has 1 saturated heterocycles. The Morgan fingerprint density at radius 1 is 1.36 bits per heavy atom. The number of nitrogens with zero attached hydrogens (tertiary/aromatic N) is 2. The normalized spacial score (nSPS) is 24.1. The Labute approximate surface area is 144 Å². The van der Waals surface area contributed by atoms with Crippen LogP contribution in [-0.2, 0) is 6.42 Å². The molecule has 6 nitrogen and oxygen atoms in total. The lowest BCUT2D eigenvalue weighted by molar-refractivity contribution is 0.476. The molecule has 3 atom stereocenters. The van der Waals surface area contributed by atoms with E-state index in [1.165, 1.54) is 6.07 Å². The maximum Gasteiger partial charge on any atom is 0.329 e. The fourth-order valence-corrected chi connectivity index (χ4v) is 4.36. The Bertz CT molecular complexity index is 962. The number of nitrogens with two attached hydrogens (primary N) is 1. The third-order valence-corrected chi connectivity index (χ3v) is 5.79. The minimum atomic E-state index is -0.521. The molecule has 2 aliphatic rings. The van der Waals surface area contributed by atoms with Gasteiger partial charge < -0.3 is 10.6 Å². The van der Waals surface area contributed by atoms with E-state index in [0.29, 0.717) is 30.1 Å². The van der Waals surface area contributed by atoms with Gasteiger partial charge in [-0.25, -0.2) is 9.18 Å². The second-order valence-corrected chi connectivity index (χ2v) is 7.45. The van der Waals surface area contributed by atoms with Gasteiger partial charge in [0.2, 0.25) is 0 Å². The molecule has 2 aromatic rings. The SMILES string of the molecule is CC1CCc2c(N3CC[C@@H]([C@H](C)N)C3)c(F)cc3c(=O)[nH]c(=O)n1c23. The van der Waals surface area contributed by atoms with Crippen molar-refractivity contribution in [3.8, 4) is 0 Å². The average Bonchev–Trinajstić information content (AvgIpc) is 3.02. The molecule has 1 unspecified atom stereocenters. The molecular formula is C18H23FN4O2. The molecule has 1 aromatic carbocycles. The highest BCUT2D eigenvalue weighted by atomic mass is 19.1. The molecule has 7 heteroatoms. The monoisotopic (exact) mass is 346 g/mol. The minimum absolute atomic E-state index is 0.0203. The molecule has 134 valence electrons. The Morgan fingerprint density at radius 2 is 2.12 bits per heavy atom.